The van der Waals surface area contributed by atoms with Crippen LogP contribution in [0.1, 0.15) is 56.2 Å². The van der Waals surface area contributed by atoms with Crippen LogP contribution in [0.5, 0.6) is 17.4 Å². The number of carbonyl (C=O) groups excluding carboxylic acids is 1. The number of hydrogen-bond acceptors (Lipinski definition) is 7. The fourth-order valence-corrected chi connectivity index (χ4v) is 5.62. The number of nitrogens with one attached hydrogen (secondary N) is 2. The molecule has 3 N–H and O–H groups in total. The van der Waals surface area contributed by atoms with Gasteiger partial charge in [0.1, 0.15) is 35.8 Å². The number of anilines is 1. The Hall–Kier alpha value is -3.93. The summed E-state index contributed by atoms with van der Waals surface area (Å²) in [7, 11) is 0. The number of fused-ring (bicyclic) bond motifs is 2. The van der Waals surface area contributed by atoms with Gasteiger partial charge in [0, 0.05) is 29.5 Å². The molecular formula is C31H34N4O4. The Kier molecular flexibility index (Phi) is 7.56. The van der Waals surface area contributed by atoms with Crippen molar-refractivity contribution in [3.63, 3.8) is 0 Å². The molecule has 39 heavy (non-hydrogen) atoms. The van der Waals surface area contributed by atoms with E-state index in [-0.39, 0.29) is 23.9 Å². The Morgan fingerprint density at radius 3 is 2.67 bits per heavy atom. The number of hydrogen-bond donors (Lipinski definition) is 3. The van der Waals surface area contributed by atoms with Crippen molar-refractivity contribution in [2.24, 2.45) is 0 Å². The number of nitriles is 1. The minimum atomic E-state index is -0.715. The first-order valence-electron chi connectivity index (χ1n) is 13.4. The number of carbonyl (C=O) groups is 1. The molecule has 1 aromatic heterocycles. The Morgan fingerprint density at radius 2 is 1.92 bits per heavy atom. The first-order chi connectivity index (χ1) is 18.8. The maximum Gasteiger partial charge on any atom is 0.237 e. The summed E-state index contributed by atoms with van der Waals surface area (Å²) in [5.74, 6) is 1.64. The zero-order valence-electron chi connectivity index (χ0n) is 22.4. The van der Waals surface area contributed by atoms with Crippen LogP contribution in [0.3, 0.4) is 0 Å². The summed E-state index contributed by atoms with van der Waals surface area (Å²) in [5.41, 5.74) is 2.49. The van der Waals surface area contributed by atoms with Crippen LogP contribution in [-0.2, 0) is 16.6 Å². The van der Waals surface area contributed by atoms with Crippen molar-refractivity contribution >= 4 is 11.6 Å². The van der Waals surface area contributed by atoms with Crippen LogP contribution in [0, 0.1) is 11.3 Å². The van der Waals surface area contributed by atoms with Gasteiger partial charge in [-0.15, -0.1) is 0 Å². The quantitative estimate of drug-likeness (QED) is 0.345. The molecule has 5 rings (SSSR count). The number of pyridine rings is 1. The van der Waals surface area contributed by atoms with E-state index >= 15 is 0 Å². The molecule has 0 saturated heterocycles. The van der Waals surface area contributed by atoms with E-state index < -0.39 is 11.5 Å². The highest BCUT2D eigenvalue weighted by atomic mass is 16.5. The average Bonchev–Trinajstić information content (AvgIpc) is 3.53. The van der Waals surface area contributed by atoms with Gasteiger partial charge >= 0.3 is 0 Å². The van der Waals surface area contributed by atoms with Crippen molar-refractivity contribution in [3.8, 4) is 23.4 Å². The molecule has 1 amide bonds. The van der Waals surface area contributed by atoms with Gasteiger partial charge in [-0.25, -0.2) is 4.98 Å². The van der Waals surface area contributed by atoms with Crippen LogP contribution < -0.4 is 20.1 Å². The summed E-state index contributed by atoms with van der Waals surface area (Å²) in [6, 6.07) is 18.8. The molecule has 1 saturated carbocycles. The molecule has 2 aliphatic rings. The van der Waals surface area contributed by atoms with E-state index in [0.717, 1.165) is 48.9 Å². The minimum Gasteiger partial charge on any atom is -0.490 e. The number of benzene rings is 2. The third-order valence-electron chi connectivity index (χ3n) is 7.57. The molecule has 0 radical (unpaired) electrons. The first kappa shape index (κ1) is 26.7. The maximum absolute atomic E-state index is 12.8. The van der Waals surface area contributed by atoms with Crippen molar-refractivity contribution in [3.05, 3.63) is 77.5 Å². The predicted octanol–water partition coefficient (Wildman–Crippen LogP) is 4.86. The number of nitrogens with zero attached hydrogens (tertiary/aromatic N) is 2. The lowest BCUT2D eigenvalue weighted by molar-refractivity contribution is -0.120. The van der Waals surface area contributed by atoms with E-state index in [0.29, 0.717) is 23.6 Å². The van der Waals surface area contributed by atoms with Crippen LogP contribution >= 0.6 is 0 Å². The van der Waals surface area contributed by atoms with Crippen molar-refractivity contribution in [2.45, 2.75) is 63.0 Å². The second kappa shape index (κ2) is 11.0. The largest absolute Gasteiger partial charge is 0.490 e. The summed E-state index contributed by atoms with van der Waals surface area (Å²) in [5, 5.41) is 26.4. The Morgan fingerprint density at radius 1 is 1.15 bits per heavy atom. The van der Waals surface area contributed by atoms with Gasteiger partial charge in [-0.3, -0.25) is 4.79 Å². The SMILES string of the molecule is CC(C)(Cc1ccc(Oc2ncccc2C#N)cc1)NC[C@H](O)COc1cccc2c1C1(CCCC1)C(=O)N2. The molecule has 1 spiro atoms. The van der Waals surface area contributed by atoms with Crippen LogP contribution in [-0.4, -0.2) is 40.8 Å². The zero-order valence-corrected chi connectivity index (χ0v) is 22.4. The number of β-amino-alcohol motifs (C(OH)–C–C–N with tert-alkyl or cyclic N) is 1. The van der Waals surface area contributed by atoms with Crippen molar-refractivity contribution in [1.82, 2.24) is 10.3 Å². The van der Waals surface area contributed by atoms with Crippen LogP contribution in [0.25, 0.3) is 0 Å². The highest BCUT2D eigenvalue weighted by molar-refractivity contribution is 6.07. The Bertz CT molecular complexity index is 1370. The normalized spacial score (nSPS) is 16.4. The van der Waals surface area contributed by atoms with Crippen LogP contribution in [0.15, 0.2) is 60.8 Å². The lowest BCUT2D eigenvalue weighted by Crippen LogP contribution is -2.46. The third-order valence-corrected chi connectivity index (χ3v) is 7.57. The topological polar surface area (TPSA) is 116 Å². The molecule has 8 heteroatoms. The van der Waals surface area contributed by atoms with Gasteiger partial charge in [0.2, 0.25) is 11.8 Å². The summed E-state index contributed by atoms with van der Waals surface area (Å²) < 4.78 is 11.9. The van der Waals surface area contributed by atoms with E-state index in [4.69, 9.17) is 9.47 Å². The molecule has 202 valence electrons. The van der Waals surface area contributed by atoms with Gasteiger partial charge in [-0.05, 0) is 75.1 Å². The minimum absolute atomic E-state index is 0.0678. The molecule has 1 aliphatic carbocycles. The van der Waals surface area contributed by atoms with Gasteiger partial charge in [0.15, 0.2) is 0 Å². The van der Waals surface area contributed by atoms with E-state index in [9.17, 15) is 15.2 Å². The number of ether oxygens (including phenoxy) is 2. The summed E-state index contributed by atoms with van der Waals surface area (Å²) >= 11 is 0. The number of aromatic nitrogens is 1. The fraction of sp³-hybridized carbons (Fsp3) is 0.387. The standard InChI is InChI=1S/C31H34N4O4/c1-30(2,17-21-10-12-24(13-11-21)39-28-22(18-32)7-6-16-33-28)34-19-23(36)20-38-26-9-5-8-25-27(26)31(29(37)35-25)14-3-4-15-31/h5-13,16,23,34,36H,3-4,14-15,17,19-20H2,1-2H3,(H,35,37)/t23-/m0/s1. The predicted molar refractivity (Wildman–Crippen MR) is 148 cm³/mol. The summed E-state index contributed by atoms with van der Waals surface area (Å²) in [6.45, 7) is 4.67. The van der Waals surface area contributed by atoms with Gasteiger partial charge in [-0.1, -0.05) is 31.0 Å². The Balaban J connectivity index is 1.14. The van der Waals surface area contributed by atoms with E-state index in [1.807, 2.05) is 42.5 Å². The Labute approximate surface area is 229 Å². The summed E-state index contributed by atoms with van der Waals surface area (Å²) in [4.78, 5) is 16.9. The van der Waals surface area contributed by atoms with Gasteiger partial charge in [0.25, 0.3) is 0 Å². The molecule has 0 bridgehead atoms. The van der Waals surface area contributed by atoms with Gasteiger partial charge in [-0.2, -0.15) is 5.26 Å². The van der Waals surface area contributed by atoms with Crippen molar-refractivity contribution in [2.75, 3.05) is 18.5 Å². The molecule has 2 aromatic carbocycles. The monoisotopic (exact) mass is 526 g/mol. The highest BCUT2D eigenvalue weighted by Gasteiger charge is 2.50. The zero-order chi connectivity index (χ0) is 27.5. The molecule has 1 fully saturated rings. The second-order valence-electron chi connectivity index (χ2n) is 11.0. The first-order valence-corrected chi connectivity index (χ1v) is 13.4. The highest BCUT2D eigenvalue weighted by Crippen LogP contribution is 2.52. The average molecular weight is 527 g/mol. The molecule has 8 nitrogen and oxygen atoms in total. The molecule has 1 aliphatic heterocycles. The van der Waals surface area contributed by atoms with Crippen molar-refractivity contribution < 1.29 is 19.4 Å². The van der Waals surface area contributed by atoms with Crippen LogP contribution in [0.2, 0.25) is 0 Å². The third kappa shape index (κ3) is 5.75. The molecule has 0 unspecified atom stereocenters. The van der Waals surface area contributed by atoms with Crippen molar-refractivity contribution in [1.29, 1.82) is 5.26 Å². The number of aliphatic hydroxyl groups is 1. The molecule has 3 aromatic rings. The lowest BCUT2D eigenvalue weighted by atomic mass is 9.79. The number of amides is 1. The second-order valence-corrected chi connectivity index (χ2v) is 11.0. The van der Waals surface area contributed by atoms with Gasteiger partial charge < -0.3 is 25.2 Å². The smallest absolute Gasteiger partial charge is 0.237 e. The number of aliphatic hydroxyl groups excluding tert-OH is 1. The molecular weight excluding hydrogens is 492 g/mol. The van der Waals surface area contributed by atoms with E-state index in [1.54, 1.807) is 18.3 Å². The van der Waals surface area contributed by atoms with E-state index in [2.05, 4.69) is 35.5 Å². The maximum atomic E-state index is 12.8. The summed E-state index contributed by atoms with van der Waals surface area (Å²) in [6.07, 6.45) is 5.35. The molecule has 2 heterocycles. The van der Waals surface area contributed by atoms with E-state index in [1.165, 1.54) is 0 Å². The van der Waals surface area contributed by atoms with Crippen LogP contribution in [0.4, 0.5) is 5.69 Å². The fourth-order valence-electron chi connectivity index (χ4n) is 5.62. The lowest BCUT2D eigenvalue weighted by Gasteiger charge is -2.28. The molecule has 1 atom stereocenters. The number of rotatable bonds is 10. The van der Waals surface area contributed by atoms with Gasteiger partial charge in [0.05, 0.1) is 5.41 Å².